The second-order valence-electron chi connectivity index (χ2n) is 5.24. The molecule has 0 radical (unpaired) electrons. The van der Waals surface area contributed by atoms with Crippen molar-refractivity contribution in [1.82, 2.24) is 4.98 Å². The maximum Gasteiger partial charge on any atom is 0.243 e. The lowest BCUT2D eigenvalue weighted by atomic mass is 10.0. The van der Waals surface area contributed by atoms with Crippen molar-refractivity contribution in [2.45, 2.75) is 39.7 Å². The standard InChI is InChI=1S/C16H21N3OS/c1-4-5-13(17)15(20)19-16-18-14(9-21-16)12-7-6-10(2)8-11(12)3/h6-9,13H,4-5,17H2,1-3H3,(H,18,19,20). The Hall–Kier alpha value is -1.72. The quantitative estimate of drug-likeness (QED) is 0.888. The minimum absolute atomic E-state index is 0.168. The molecule has 3 N–H and O–H groups in total. The van der Waals surface area contributed by atoms with Crippen LogP contribution < -0.4 is 11.1 Å². The Balaban J connectivity index is 2.13. The Morgan fingerprint density at radius 3 is 2.86 bits per heavy atom. The fourth-order valence-corrected chi connectivity index (χ4v) is 2.91. The largest absolute Gasteiger partial charge is 0.320 e. The summed E-state index contributed by atoms with van der Waals surface area (Å²) in [6.07, 6.45) is 1.57. The minimum atomic E-state index is -0.469. The Morgan fingerprint density at radius 1 is 1.43 bits per heavy atom. The summed E-state index contributed by atoms with van der Waals surface area (Å²) in [6.45, 7) is 6.14. The summed E-state index contributed by atoms with van der Waals surface area (Å²) in [4.78, 5) is 16.4. The van der Waals surface area contributed by atoms with E-state index in [4.69, 9.17) is 5.73 Å². The first kappa shape index (κ1) is 15.7. The zero-order chi connectivity index (χ0) is 15.4. The Bertz CT molecular complexity index is 636. The number of aromatic nitrogens is 1. The third kappa shape index (κ3) is 3.89. The van der Waals surface area contributed by atoms with Crippen LogP contribution >= 0.6 is 11.3 Å². The van der Waals surface area contributed by atoms with Crippen molar-refractivity contribution in [3.05, 3.63) is 34.7 Å². The number of carbonyl (C=O) groups is 1. The van der Waals surface area contributed by atoms with Gasteiger partial charge in [0.1, 0.15) is 0 Å². The SMILES string of the molecule is CCCC(N)C(=O)Nc1nc(-c2ccc(C)cc2C)cs1. The zero-order valence-electron chi connectivity index (χ0n) is 12.6. The van der Waals surface area contributed by atoms with Crippen LogP contribution in [0, 0.1) is 13.8 Å². The number of aryl methyl sites for hydroxylation is 2. The average Bonchev–Trinajstić information content (AvgIpc) is 2.87. The van der Waals surface area contributed by atoms with Gasteiger partial charge in [0.15, 0.2) is 5.13 Å². The summed E-state index contributed by atoms with van der Waals surface area (Å²) < 4.78 is 0. The van der Waals surface area contributed by atoms with Crippen molar-refractivity contribution in [3.8, 4) is 11.3 Å². The van der Waals surface area contributed by atoms with Crippen molar-refractivity contribution in [2.75, 3.05) is 5.32 Å². The fraction of sp³-hybridized carbons (Fsp3) is 0.375. The third-order valence-electron chi connectivity index (χ3n) is 3.33. The summed E-state index contributed by atoms with van der Waals surface area (Å²) >= 11 is 1.42. The number of nitrogens with zero attached hydrogens (tertiary/aromatic N) is 1. The van der Waals surface area contributed by atoms with E-state index in [-0.39, 0.29) is 5.91 Å². The molecular weight excluding hydrogens is 282 g/mol. The van der Waals surface area contributed by atoms with Gasteiger partial charge in [0.05, 0.1) is 11.7 Å². The molecule has 0 fully saturated rings. The van der Waals surface area contributed by atoms with Gasteiger partial charge in [0.2, 0.25) is 5.91 Å². The molecule has 1 heterocycles. The highest BCUT2D eigenvalue weighted by Gasteiger charge is 2.14. The Morgan fingerprint density at radius 2 is 2.19 bits per heavy atom. The van der Waals surface area contributed by atoms with E-state index in [2.05, 4.69) is 42.3 Å². The average molecular weight is 303 g/mol. The molecule has 1 aromatic heterocycles. The van der Waals surface area contributed by atoms with E-state index in [9.17, 15) is 4.79 Å². The molecule has 112 valence electrons. The molecule has 2 aromatic rings. The molecular formula is C16H21N3OS. The van der Waals surface area contributed by atoms with Crippen LogP contribution in [0.5, 0.6) is 0 Å². The molecule has 1 unspecified atom stereocenters. The molecule has 1 aromatic carbocycles. The van der Waals surface area contributed by atoms with Gasteiger partial charge in [-0.1, -0.05) is 37.1 Å². The lowest BCUT2D eigenvalue weighted by molar-refractivity contribution is -0.117. The molecule has 4 nitrogen and oxygen atoms in total. The van der Waals surface area contributed by atoms with Gasteiger partial charge < -0.3 is 11.1 Å². The van der Waals surface area contributed by atoms with Gasteiger partial charge in [-0.2, -0.15) is 0 Å². The number of thiazole rings is 1. The van der Waals surface area contributed by atoms with E-state index >= 15 is 0 Å². The molecule has 0 saturated carbocycles. The van der Waals surface area contributed by atoms with Crippen LogP contribution in [0.1, 0.15) is 30.9 Å². The van der Waals surface area contributed by atoms with Crippen LogP contribution in [0.15, 0.2) is 23.6 Å². The molecule has 0 spiro atoms. The maximum absolute atomic E-state index is 11.9. The Labute approximate surface area is 129 Å². The van der Waals surface area contributed by atoms with Crippen molar-refractivity contribution >= 4 is 22.4 Å². The summed E-state index contributed by atoms with van der Waals surface area (Å²) in [7, 11) is 0. The number of nitrogens with two attached hydrogens (primary N) is 1. The normalized spacial score (nSPS) is 12.2. The fourth-order valence-electron chi connectivity index (χ4n) is 2.20. The first-order valence-corrected chi connectivity index (χ1v) is 7.98. The van der Waals surface area contributed by atoms with E-state index in [1.165, 1.54) is 22.5 Å². The minimum Gasteiger partial charge on any atom is -0.320 e. The highest BCUT2D eigenvalue weighted by Crippen LogP contribution is 2.28. The molecule has 2 rings (SSSR count). The molecule has 0 aliphatic heterocycles. The van der Waals surface area contributed by atoms with E-state index in [0.29, 0.717) is 11.6 Å². The number of hydrogen-bond donors (Lipinski definition) is 2. The molecule has 1 amide bonds. The van der Waals surface area contributed by atoms with Gasteiger partial charge in [-0.15, -0.1) is 11.3 Å². The summed E-state index contributed by atoms with van der Waals surface area (Å²) in [5.74, 6) is -0.168. The van der Waals surface area contributed by atoms with Crippen LogP contribution in [0.25, 0.3) is 11.3 Å². The summed E-state index contributed by atoms with van der Waals surface area (Å²) in [5, 5.41) is 5.35. The first-order chi connectivity index (χ1) is 10.0. The van der Waals surface area contributed by atoms with Gasteiger partial charge in [-0.25, -0.2) is 4.98 Å². The molecule has 5 heteroatoms. The molecule has 1 atom stereocenters. The third-order valence-corrected chi connectivity index (χ3v) is 4.09. The number of rotatable bonds is 5. The summed E-state index contributed by atoms with van der Waals surface area (Å²) in [5.41, 5.74) is 10.2. The van der Waals surface area contributed by atoms with Crippen molar-refractivity contribution < 1.29 is 4.79 Å². The predicted octanol–water partition coefficient (Wildman–Crippen LogP) is 3.49. The molecule has 0 bridgehead atoms. The molecule has 0 aliphatic carbocycles. The van der Waals surface area contributed by atoms with E-state index in [1.54, 1.807) is 0 Å². The summed E-state index contributed by atoms with van der Waals surface area (Å²) in [6, 6.07) is 5.79. The van der Waals surface area contributed by atoms with E-state index in [0.717, 1.165) is 17.7 Å². The Kier molecular flexibility index (Phi) is 5.09. The van der Waals surface area contributed by atoms with Crippen molar-refractivity contribution in [2.24, 2.45) is 5.73 Å². The highest BCUT2D eigenvalue weighted by atomic mass is 32.1. The number of carbonyl (C=O) groups excluding carboxylic acids is 1. The van der Waals surface area contributed by atoms with Gasteiger partial charge in [0, 0.05) is 10.9 Å². The van der Waals surface area contributed by atoms with Crippen molar-refractivity contribution in [1.29, 1.82) is 0 Å². The zero-order valence-corrected chi connectivity index (χ0v) is 13.5. The number of amides is 1. The van der Waals surface area contributed by atoms with Crippen LogP contribution in [0.3, 0.4) is 0 Å². The topological polar surface area (TPSA) is 68.0 Å². The van der Waals surface area contributed by atoms with Crippen LogP contribution in [-0.4, -0.2) is 16.9 Å². The lowest BCUT2D eigenvalue weighted by Crippen LogP contribution is -2.35. The van der Waals surface area contributed by atoms with Crippen LogP contribution in [0.4, 0.5) is 5.13 Å². The predicted molar refractivity (Wildman–Crippen MR) is 88.5 cm³/mol. The number of benzene rings is 1. The number of anilines is 1. The molecule has 0 aliphatic rings. The van der Waals surface area contributed by atoms with Crippen LogP contribution in [-0.2, 0) is 4.79 Å². The van der Waals surface area contributed by atoms with Crippen molar-refractivity contribution in [3.63, 3.8) is 0 Å². The maximum atomic E-state index is 11.9. The number of hydrogen-bond acceptors (Lipinski definition) is 4. The second kappa shape index (κ2) is 6.83. The number of nitrogens with one attached hydrogen (secondary N) is 1. The van der Waals surface area contributed by atoms with Crippen LogP contribution in [0.2, 0.25) is 0 Å². The smallest absolute Gasteiger partial charge is 0.243 e. The highest BCUT2D eigenvalue weighted by molar-refractivity contribution is 7.14. The first-order valence-electron chi connectivity index (χ1n) is 7.11. The molecule has 21 heavy (non-hydrogen) atoms. The monoisotopic (exact) mass is 303 g/mol. The van der Waals surface area contributed by atoms with E-state index in [1.807, 2.05) is 12.3 Å². The van der Waals surface area contributed by atoms with Gasteiger partial charge in [0.25, 0.3) is 0 Å². The van der Waals surface area contributed by atoms with Gasteiger partial charge >= 0.3 is 0 Å². The van der Waals surface area contributed by atoms with E-state index < -0.39 is 6.04 Å². The lowest BCUT2D eigenvalue weighted by Gasteiger charge is -2.08. The molecule has 0 saturated heterocycles. The van der Waals surface area contributed by atoms with Gasteiger partial charge in [-0.05, 0) is 25.8 Å². The van der Waals surface area contributed by atoms with Gasteiger partial charge in [-0.3, -0.25) is 4.79 Å². The second-order valence-corrected chi connectivity index (χ2v) is 6.10.